The maximum absolute atomic E-state index is 5.24. The molecule has 2 rings (SSSR count). The number of ether oxygens (including phenoxy) is 1. The Balaban J connectivity index is 2.11. The fourth-order valence-electron chi connectivity index (χ4n) is 2.50. The Morgan fingerprint density at radius 3 is 2.75 bits per heavy atom. The van der Waals surface area contributed by atoms with E-state index in [2.05, 4.69) is 23.2 Å². The predicted molar refractivity (Wildman–Crippen MR) is 66.6 cm³/mol. The first kappa shape index (κ1) is 11.4. The van der Waals surface area contributed by atoms with Crippen LogP contribution in [0.4, 0.5) is 0 Å². The second-order valence-electron chi connectivity index (χ2n) is 4.50. The van der Waals surface area contributed by atoms with E-state index in [0.29, 0.717) is 6.04 Å². The average molecular weight is 220 g/mol. The van der Waals surface area contributed by atoms with E-state index in [1.807, 2.05) is 0 Å². The summed E-state index contributed by atoms with van der Waals surface area (Å²) in [6.45, 7) is 10.1. The van der Waals surface area contributed by atoms with Crippen LogP contribution in [0, 0.1) is 0 Å². The third-order valence-corrected chi connectivity index (χ3v) is 3.68. The molecule has 2 aliphatic rings. The third kappa shape index (κ3) is 2.05. The van der Waals surface area contributed by atoms with Crippen molar-refractivity contribution in [1.82, 2.24) is 4.90 Å². The van der Waals surface area contributed by atoms with Gasteiger partial charge in [0, 0.05) is 17.3 Å². The number of likely N-dealkylation sites (tertiary alicyclic amines) is 1. The van der Waals surface area contributed by atoms with E-state index >= 15 is 0 Å². The van der Waals surface area contributed by atoms with Gasteiger partial charge in [-0.15, -0.1) is 0 Å². The highest BCUT2D eigenvalue weighted by Gasteiger charge is 2.29. The Kier molecular flexibility index (Phi) is 3.44. The van der Waals surface area contributed by atoms with Crippen molar-refractivity contribution >= 4 is 6.72 Å². The largest absolute Gasteiger partial charge is 0.497 e. The minimum atomic E-state index is 0.654. The molecule has 0 spiro atoms. The van der Waals surface area contributed by atoms with Crippen LogP contribution in [-0.4, -0.2) is 37.9 Å². The monoisotopic (exact) mass is 220 g/mol. The molecule has 1 atom stereocenters. The predicted octanol–water partition coefficient (Wildman–Crippen LogP) is 2.36. The molecule has 3 heteroatoms. The lowest BCUT2D eigenvalue weighted by Gasteiger charge is -2.41. The quantitative estimate of drug-likeness (QED) is 0.536. The summed E-state index contributed by atoms with van der Waals surface area (Å²) in [5, 5.41) is 0. The van der Waals surface area contributed by atoms with Crippen LogP contribution < -0.4 is 0 Å². The second-order valence-corrected chi connectivity index (χ2v) is 4.50. The number of hydrogen-bond donors (Lipinski definition) is 0. The Hall–Kier alpha value is -1.09. The van der Waals surface area contributed by atoms with Crippen molar-refractivity contribution in [2.24, 2.45) is 4.99 Å². The molecule has 16 heavy (non-hydrogen) atoms. The molecule has 0 bridgehead atoms. The molecule has 88 valence electrons. The summed E-state index contributed by atoms with van der Waals surface area (Å²) in [5.74, 6) is 0.757. The Bertz CT molecular complexity index is 329. The molecule has 1 fully saturated rings. The number of aliphatic imine (C=N–C) groups is 1. The van der Waals surface area contributed by atoms with Gasteiger partial charge >= 0.3 is 0 Å². The summed E-state index contributed by atoms with van der Waals surface area (Å²) in [5.41, 5.74) is 2.24. The van der Waals surface area contributed by atoms with E-state index < -0.39 is 0 Å². The van der Waals surface area contributed by atoms with Gasteiger partial charge < -0.3 is 4.74 Å². The zero-order chi connectivity index (χ0) is 11.5. The first-order valence-corrected chi connectivity index (χ1v) is 5.92. The van der Waals surface area contributed by atoms with Gasteiger partial charge in [-0.25, -0.2) is 0 Å². The van der Waals surface area contributed by atoms with Crippen LogP contribution in [-0.2, 0) is 4.74 Å². The van der Waals surface area contributed by atoms with Gasteiger partial charge in [0.05, 0.1) is 7.11 Å². The molecular formula is C13H20N2O. The lowest BCUT2D eigenvalue weighted by Crippen LogP contribution is -2.46. The number of nitrogens with zero attached hydrogens (tertiary/aromatic N) is 2. The maximum Gasteiger partial charge on any atom is 0.116 e. The first-order chi connectivity index (χ1) is 7.76. The number of hydrogen-bond acceptors (Lipinski definition) is 3. The van der Waals surface area contributed by atoms with Gasteiger partial charge in [-0.3, -0.25) is 9.89 Å². The van der Waals surface area contributed by atoms with Crippen LogP contribution in [0.1, 0.15) is 25.7 Å². The van der Waals surface area contributed by atoms with E-state index in [1.165, 1.54) is 31.5 Å². The molecule has 0 saturated carbocycles. The molecule has 0 N–H and O–H groups in total. The van der Waals surface area contributed by atoms with Crippen molar-refractivity contribution in [3.8, 4) is 0 Å². The molecule has 1 saturated heterocycles. The third-order valence-electron chi connectivity index (χ3n) is 3.68. The molecule has 1 heterocycles. The van der Waals surface area contributed by atoms with E-state index in [9.17, 15) is 0 Å². The van der Waals surface area contributed by atoms with E-state index in [4.69, 9.17) is 4.74 Å². The first-order valence-electron chi connectivity index (χ1n) is 5.92. The molecule has 3 nitrogen and oxygen atoms in total. The topological polar surface area (TPSA) is 24.8 Å². The fraction of sp³-hybridized carbons (Fsp3) is 0.615. The van der Waals surface area contributed by atoms with Gasteiger partial charge in [-0.05, 0) is 45.5 Å². The second kappa shape index (κ2) is 4.83. The van der Waals surface area contributed by atoms with Gasteiger partial charge in [0.25, 0.3) is 0 Å². The normalized spacial score (nSPS) is 26.2. The van der Waals surface area contributed by atoms with Gasteiger partial charge in [0.2, 0.25) is 0 Å². The summed E-state index contributed by atoms with van der Waals surface area (Å²) in [6, 6.07) is 0.654. The molecule has 1 aliphatic heterocycles. The van der Waals surface area contributed by atoms with Crippen molar-refractivity contribution in [2.45, 2.75) is 31.7 Å². The van der Waals surface area contributed by atoms with Gasteiger partial charge in [-0.1, -0.05) is 6.58 Å². The Morgan fingerprint density at radius 1 is 1.50 bits per heavy atom. The van der Waals surface area contributed by atoms with Gasteiger partial charge in [0.15, 0.2) is 0 Å². The Morgan fingerprint density at radius 2 is 2.25 bits per heavy atom. The molecule has 1 aliphatic carbocycles. The maximum atomic E-state index is 5.24. The fourth-order valence-corrected chi connectivity index (χ4v) is 2.50. The van der Waals surface area contributed by atoms with E-state index in [1.54, 1.807) is 7.11 Å². The zero-order valence-corrected chi connectivity index (χ0v) is 10.0. The van der Waals surface area contributed by atoms with E-state index in [-0.39, 0.29) is 0 Å². The highest BCUT2D eigenvalue weighted by molar-refractivity contribution is 5.38. The lowest BCUT2D eigenvalue weighted by molar-refractivity contribution is 0.106. The van der Waals surface area contributed by atoms with Crippen molar-refractivity contribution < 1.29 is 4.74 Å². The highest BCUT2D eigenvalue weighted by Crippen LogP contribution is 2.34. The van der Waals surface area contributed by atoms with Crippen molar-refractivity contribution in [2.75, 3.05) is 20.2 Å². The smallest absolute Gasteiger partial charge is 0.116 e. The summed E-state index contributed by atoms with van der Waals surface area (Å²) >= 11 is 0. The van der Waals surface area contributed by atoms with Gasteiger partial charge in [0.1, 0.15) is 5.76 Å². The summed E-state index contributed by atoms with van der Waals surface area (Å²) in [4.78, 5) is 6.65. The summed E-state index contributed by atoms with van der Waals surface area (Å²) < 4.78 is 5.24. The highest BCUT2D eigenvalue weighted by atomic mass is 16.5. The van der Waals surface area contributed by atoms with Crippen molar-refractivity contribution in [1.29, 1.82) is 0 Å². The molecule has 1 unspecified atom stereocenters. The minimum Gasteiger partial charge on any atom is -0.497 e. The van der Waals surface area contributed by atoms with Crippen molar-refractivity contribution in [3.63, 3.8) is 0 Å². The molecular weight excluding hydrogens is 200 g/mol. The minimum absolute atomic E-state index is 0.654. The average Bonchev–Trinajstić information content (AvgIpc) is 2.25. The molecule has 0 amide bonds. The number of rotatable bonds is 4. The summed E-state index contributed by atoms with van der Waals surface area (Å²) in [7, 11) is 1.67. The summed E-state index contributed by atoms with van der Waals surface area (Å²) in [6.07, 6.45) is 4.55. The van der Waals surface area contributed by atoms with Crippen LogP contribution >= 0.6 is 0 Å². The zero-order valence-electron chi connectivity index (χ0n) is 10.0. The van der Waals surface area contributed by atoms with Crippen LogP contribution in [0.3, 0.4) is 0 Å². The van der Waals surface area contributed by atoms with E-state index in [0.717, 1.165) is 24.3 Å². The SMILES string of the molecule is C=NC1=C(C(=C)OC)CC(N2CCC2)CC1. The molecule has 0 aromatic heterocycles. The van der Waals surface area contributed by atoms with Crippen LogP contribution in [0.2, 0.25) is 0 Å². The Labute approximate surface area is 97.5 Å². The van der Waals surface area contributed by atoms with Crippen LogP contribution in [0.25, 0.3) is 0 Å². The van der Waals surface area contributed by atoms with Gasteiger partial charge in [-0.2, -0.15) is 0 Å². The van der Waals surface area contributed by atoms with Crippen LogP contribution in [0.15, 0.2) is 28.6 Å². The lowest BCUT2D eigenvalue weighted by atomic mass is 9.88. The molecule has 0 aromatic rings. The standard InChI is InChI=1S/C13H20N2O/c1-10(16-3)12-9-11(15-7-4-8-15)5-6-13(12)14-2/h11H,1-2,4-9H2,3H3. The number of methoxy groups -OCH3 is 1. The van der Waals surface area contributed by atoms with Crippen molar-refractivity contribution in [3.05, 3.63) is 23.6 Å². The molecule has 0 aromatic carbocycles. The molecule has 0 radical (unpaired) electrons. The van der Waals surface area contributed by atoms with Crippen LogP contribution in [0.5, 0.6) is 0 Å². The number of allylic oxidation sites excluding steroid dienone is 2.